The number of rotatable bonds is 5. The second-order valence-corrected chi connectivity index (χ2v) is 5.09. The molecule has 0 aliphatic rings. The molecule has 0 aliphatic heterocycles. The van der Waals surface area contributed by atoms with Crippen LogP contribution in [0.2, 0.25) is 0 Å². The molecule has 3 N–H and O–H groups in total. The fourth-order valence-electron chi connectivity index (χ4n) is 1.86. The van der Waals surface area contributed by atoms with Crippen molar-refractivity contribution in [3.8, 4) is 0 Å². The second kappa shape index (κ2) is 5.88. The summed E-state index contributed by atoms with van der Waals surface area (Å²) < 4.78 is 40.1. The van der Waals surface area contributed by atoms with Crippen LogP contribution in [0.4, 0.5) is 19.0 Å². The Kier molecular flexibility index (Phi) is 4.36. The van der Waals surface area contributed by atoms with E-state index in [4.69, 9.17) is 5.73 Å². The van der Waals surface area contributed by atoms with E-state index < -0.39 is 11.9 Å². The first-order valence-electron chi connectivity index (χ1n) is 6.74. The van der Waals surface area contributed by atoms with Gasteiger partial charge in [0.1, 0.15) is 5.82 Å². The van der Waals surface area contributed by atoms with Crippen LogP contribution >= 0.6 is 0 Å². The van der Waals surface area contributed by atoms with E-state index in [1.165, 1.54) is 4.52 Å². The van der Waals surface area contributed by atoms with Gasteiger partial charge in [0.25, 0.3) is 0 Å². The minimum Gasteiger partial charge on any atom is -0.370 e. The van der Waals surface area contributed by atoms with Gasteiger partial charge in [-0.15, -0.1) is 0 Å². The number of anilines is 1. The van der Waals surface area contributed by atoms with Crippen molar-refractivity contribution < 1.29 is 13.2 Å². The number of alkyl halides is 3. The average Bonchev–Trinajstić information content (AvgIpc) is 2.82. The van der Waals surface area contributed by atoms with Gasteiger partial charge in [0.05, 0.1) is 5.69 Å². The van der Waals surface area contributed by atoms with Crippen LogP contribution in [0.3, 0.4) is 0 Å². The van der Waals surface area contributed by atoms with E-state index in [0.29, 0.717) is 25.2 Å². The zero-order valence-electron chi connectivity index (χ0n) is 11.9. The van der Waals surface area contributed by atoms with Crippen molar-refractivity contribution in [2.24, 2.45) is 5.73 Å². The number of nitrogens with zero attached hydrogens (tertiary/aromatic N) is 3. The average molecular weight is 301 g/mol. The van der Waals surface area contributed by atoms with E-state index >= 15 is 0 Å². The topological polar surface area (TPSA) is 68.2 Å². The lowest BCUT2D eigenvalue weighted by Crippen LogP contribution is -2.15. The molecule has 8 heteroatoms. The van der Waals surface area contributed by atoms with Gasteiger partial charge in [-0.1, -0.05) is 13.8 Å². The highest BCUT2D eigenvalue weighted by Crippen LogP contribution is 2.30. The molecule has 0 saturated carbocycles. The first kappa shape index (κ1) is 15.6. The Morgan fingerprint density at radius 3 is 2.62 bits per heavy atom. The molecule has 0 fully saturated rings. The maximum atomic E-state index is 12.9. The van der Waals surface area contributed by atoms with Crippen LogP contribution in [0.1, 0.15) is 37.6 Å². The SMILES string of the molecule is CC(C)c1cc2nc(C(F)(F)F)cc(NCCCN)n2n1. The summed E-state index contributed by atoms with van der Waals surface area (Å²) in [7, 11) is 0. The van der Waals surface area contributed by atoms with Crippen molar-refractivity contribution in [2.75, 3.05) is 18.4 Å². The molecule has 116 valence electrons. The van der Waals surface area contributed by atoms with Crippen LogP contribution in [0.25, 0.3) is 5.65 Å². The molecule has 0 radical (unpaired) electrons. The summed E-state index contributed by atoms with van der Waals surface area (Å²) in [6.45, 7) is 4.79. The zero-order valence-corrected chi connectivity index (χ0v) is 11.9. The second-order valence-electron chi connectivity index (χ2n) is 5.09. The van der Waals surface area contributed by atoms with Crippen molar-refractivity contribution >= 4 is 11.5 Å². The lowest BCUT2D eigenvalue weighted by atomic mass is 10.1. The van der Waals surface area contributed by atoms with E-state index in [2.05, 4.69) is 15.4 Å². The Balaban J connectivity index is 2.50. The molecule has 0 bridgehead atoms. The van der Waals surface area contributed by atoms with Gasteiger partial charge in [-0.25, -0.2) is 4.98 Å². The lowest BCUT2D eigenvalue weighted by Gasteiger charge is -2.11. The molecule has 0 amide bonds. The third kappa shape index (κ3) is 3.44. The molecular formula is C13H18F3N5. The summed E-state index contributed by atoms with van der Waals surface area (Å²) in [5, 5.41) is 7.24. The summed E-state index contributed by atoms with van der Waals surface area (Å²) >= 11 is 0. The van der Waals surface area contributed by atoms with Crippen LogP contribution in [0.15, 0.2) is 12.1 Å². The number of halogens is 3. The van der Waals surface area contributed by atoms with Gasteiger partial charge in [0.2, 0.25) is 0 Å². The fraction of sp³-hybridized carbons (Fsp3) is 0.538. The third-order valence-corrected chi connectivity index (χ3v) is 3.02. The number of hydrogen-bond donors (Lipinski definition) is 2. The van der Waals surface area contributed by atoms with Gasteiger partial charge in [-0.2, -0.15) is 22.8 Å². The smallest absolute Gasteiger partial charge is 0.370 e. The third-order valence-electron chi connectivity index (χ3n) is 3.02. The van der Waals surface area contributed by atoms with Crippen molar-refractivity contribution in [2.45, 2.75) is 32.4 Å². The molecule has 21 heavy (non-hydrogen) atoms. The largest absolute Gasteiger partial charge is 0.433 e. The van der Waals surface area contributed by atoms with E-state index in [1.54, 1.807) is 6.07 Å². The van der Waals surface area contributed by atoms with Crippen LogP contribution in [-0.4, -0.2) is 27.7 Å². The molecule has 0 saturated heterocycles. The number of nitrogens with one attached hydrogen (secondary N) is 1. The fourth-order valence-corrected chi connectivity index (χ4v) is 1.86. The molecule has 2 aromatic rings. The lowest BCUT2D eigenvalue weighted by molar-refractivity contribution is -0.141. The molecule has 0 atom stereocenters. The molecule has 2 aromatic heterocycles. The number of aromatic nitrogens is 3. The van der Waals surface area contributed by atoms with Gasteiger partial charge < -0.3 is 11.1 Å². The highest BCUT2D eigenvalue weighted by Gasteiger charge is 2.34. The monoisotopic (exact) mass is 301 g/mol. The van der Waals surface area contributed by atoms with Crippen molar-refractivity contribution in [3.05, 3.63) is 23.5 Å². The van der Waals surface area contributed by atoms with Gasteiger partial charge >= 0.3 is 6.18 Å². The minimum absolute atomic E-state index is 0.109. The maximum Gasteiger partial charge on any atom is 0.433 e. The van der Waals surface area contributed by atoms with Crippen molar-refractivity contribution in [1.82, 2.24) is 14.6 Å². The summed E-state index contributed by atoms with van der Waals surface area (Å²) in [6, 6.07) is 2.55. The van der Waals surface area contributed by atoms with Crippen LogP contribution in [0.5, 0.6) is 0 Å². The molecule has 0 spiro atoms. The van der Waals surface area contributed by atoms with Gasteiger partial charge in [-0.05, 0) is 18.9 Å². The number of hydrogen-bond acceptors (Lipinski definition) is 4. The van der Waals surface area contributed by atoms with Crippen LogP contribution in [-0.2, 0) is 6.18 Å². The Hall–Kier alpha value is -1.83. The van der Waals surface area contributed by atoms with Gasteiger partial charge in [0.15, 0.2) is 11.3 Å². The molecule has 2 rings (SSSR count). The first-order chi connectivity index (χ1) is 9.82. The van der Waals surface area contributed by atoms with Crippen molar-refractivity contribution in [3.63, 3.8) is 0 Å². The van der Waals surface area contributed by atoms with E-state index in [0.717, 1.165) is 6.07 Å². The maximum absolute atomic E-state index is 12.9. The minimum atomic E-state index is -4.49. The number of fused-ring (bicyclic) bond motifs is 1. The molecular weight excluding hydrogens is 283 g/mol. The van der Waals surface area contributed by atoms with Crippen LogP contribution in [0, 0.1) is 0 Å². The molecule has 2 heterocycles. The van der Waals surface area contributed by atoms with Crippen LogP contribution < -0.4 is 11.1 Å². The standard InChI is InChI=1S/C13H18F3N5/c1-8(2)9-6-12-19-10(13(14,15)16)7-11(21(12)20-9)18-5-3-4-17/h6-8,18H,3-5,17H2,1-2H3. The summed E-state index contributed by atoms with van der Waals surface area (Å²) in [5.74, 6) is 0.380. The zero-order chi connectivity index (χ0) is 15.6. The highest BCUT2D eigenvalue weighted by molar-refractivity contribution is 5.51. The quantitative estimate of drug-likeness (QED) is 0.833. The predicted octanol–water partition coefficient (Wildman–Crippen LogP) is 2.63. The van der Waals surface area contributed by atoms with E-state index in [9.17, 15) is 13.2 Å². The van der Waals surface area contributed by atoms with E-state index in [-0.39, 0.29) is 17.4 Å². The summed E-state index contributed by atoms with van der Waals surface area (Å²) in [6.07, 6.45) is -3.84. The van der Waals surface area contributed by atoms with Gasteiger partial charge in [0, 0.05) is 18.7 Å². The summed E-state index contributed by atoms with van der Waals surface area (Å²) in [5.41, 5.74) is 5.35. The Labute approximate surface area is 120 Å². The summed E-state index contributed by atoms with van der Waals surface area (Å²) in [4.78, 5) is 3.65. The van der Waals surface area contributed by atoms with Gasteiger partial charge in [-0.3, -0.25) is 0 Å². The Bertz CT molecular complexity index is 618. The Morgan fingerprint density at radius 2 is 2.05 bits per heavy atom. The number of nitrogens with two attached hydrogens (primary N) is 1. The predicted molar refractivity (Wildman–Crippen MR) is 74.2 cm³/mol. The molecule has 0 aromatic carbocycles. The first-order valence-corrected chi connectivity index (χ1v) is 6.74. The molecule has 0 unspecified atom stereocenters. The molecule has 5 nitrogen and oxygen atoms in total. The molecule has 0 aliphatic carbocycles. The highest BCUT2D eigenvalue weighted by atomic mass is 19.4. The van der Waals surface area contributed by atoms with Crippen molar-refractivity contribution in [1.29, 1.82) is 0 Å². The Morgan fingerprint density at radius 1 is 1.33 bits per heavy atom. The van der Waals surface area contributed by atoms with E-state index in [1.807, 2.05) is 13.8 Å². The normalized spacial score (nSPS) is 12.3.